The summed E-state index contributed by atoms with van der Waals surface area (Å²) in [5, 5.41) is 5.80. The molecule has 1 atom stereocenters. The maximum Gasteiger partial charge on any atom is 0.261 e. The van der Waals surface area contributed by atoms with Gasteiger partial charge in [-0.05, 0) is 49.6 Å². The van der Waals surface area contributed by atoms with Crippen molar-refractivity contribution in [2.75, 3.05) is 5.32 Å². The van der Waals surface area contributed by atoms with Crippen LogP contribution in [0.5, 0.6) is 0 Å². The van der Waals surface area contributed by atoms with Crippen LogP contribution in [0.3, 0.4) is 0 Å². The number of ketones is 1. The van der Waals surface area contributed by atoms with Crippen molar-refractivity contribution in [2.45, 2.75) is 32.7 Å². The molecule has 2 N–H and O–H groups in total. The van der Waals surface area contributed by atoms with Crippen LogP contribution in [0.1, 0.15) is 56.8 Å². The second kappa shape index (κ2) is 6.57. The monoisotopic (exact) mass is 342 g/mol. The Morgan fingerprint density at radius 3 is 2.62 bits per heavy atom. The number of thiophene rings is 1. The number of hydrogen-bond donors (Lipinski definition) is 2. The third kappa shape index (κ3) is 3.38. The lowest BCUT2D eigenvalue weighted by molar-refractivity contribution is -0.116. The average Bonchev–Trinajstić information content (AvgIpc) is 3.04. The summed E-state index contributed by atoms with van der Waals surface area (Å²) in [6.07, 6.45) is 1.20. The predicted molar refractivity (Wildman–Crippen MR) is 93.6 cm³/mol. The van der Waals surface area contributed by atoms with Crippen LogP contribution in [0.4, 0.5) is 5.69 Å². The van der Waals surface area contributed by atoms with Gasteiger partial charge in [-0.2, -0.15) is 0 Å². The molecule has 2 amide bonds. The molecule has 0 saturated carbocycles. The summed E-state index contributed by atoms with van der Waals surface area (Å²) >= 11 is 1.20. The third-order valence-corrected chi connectivity index (χ3v) is 5.23. The van der Waals surface area contributed by atoms with Gasteiger partial charge >= 0.3 is 0 Å². The lowest BCUT2D eigenvalue weighted by Gasteiger charge is -2.20. The van der Waals surface area contributed by atoms with Crippen LogP contribution in [-0.2, 0) is 11.2 Å². The number of carbonyl (C=O) groups is 3. The summed E-state index contributed by atoms with van der Waals surface area (Å²) in [5.74, 6) is -0.189. The Morgan fingerprint density at radius 2 is 1.92 bits per heavy atom. The van der Waals surface area contributed by atoms with Crippen LogP contribution in [0.15, 0.2) is 30.3 Å². The maximum absolute atomic E-state index is 12.3. The van der Waals surface area contributed by atoms with Gasteiger partial charge in [0.05, 0.1) is 15.8 Å². The zero-order valence-corrected chi connectivity index (χ0v) is 14.3. The molecule has 1 aliphatic rings. The first-order chi connectivity index (χ1) is 11.4. The van der Waals surface area contributed by atoms with Crippen molar-refractivity contribution < 1.29 is 14.4 Å². The number of nitrogens with one attached hydrogen (secondary N) is 2. The Bertz CT molecular complexity index is 825. The highest BCUT2D eigenvalue weighted by molar-refractivity contribution is 7.15. The Kier molecular flexibility index (Phi) is 4.49. The molecule has 0 spiro atoms. The number of hydrogen-bond acceptors (Lipinski definition) is 4. The molecular weight excluding hydrogens is 324 g/mol. The number of amides is 2. The second-order valence-corrected chi connectivity index (χ2v) is 6.96. The molecule has 3 rings (SSSR count). The van der Waals surface area contributed by atoms with E-state index in [1.165, 1.54) is 18.3 Å². The average molecular weight is 342 g/mol. The fraction of sp³-hybridized carbons (Fsp3) is 0.278. The highest BCUT2D eigenvalue weighted by Gasteiger charge is 2.18. The molecule has 5 nitrogen and oxygen atoms in total. The van der Waals surface area contributed by atoms with Crippen LogP contribution < -0.4 is 10.6 Å². The van der Waals surface area contributed by atoms with Gasteiger partial charge < -0.3 is 10.6 Å². The number of aryl methyl sites for hydroxylation is 1. The van der Waals surface area contributed by atoms with Crippen molar-refractivity contribution in [2.24, 2.45) is 0 Å². The molecule has 124 valence electrons. The van der Waals surface area contributed by atoms with Crippen LogP contribution in [0, 0.1) is 0 Å². The molecule has 0 bridgehead atoms. The quantitative estimate of drug-likeness (QED) is 0.837. The SMILES string of the molecule is CC(=O)c1ccc(C(=O)N[C@@H](C)c2ccc3c(c2)CCC(=O)N3)s1. The number of rotatable bonds is 4. The van der Waals surface area contributed by atoms with Crippen LogP contribution >= 0.6 is 11.3 Å². The molecule has 2 heterocycles. The van der Waals surface area contributed by atoms with Gasteiger partial charge in [0.2, 0.25) is 5.91 Å². The first-order valence-corrected chi connectivity index (χ1v) is 8.60. The third-order valence-electron chi connectivity index (χ3n) is 4.05. The predicted octanol–water partition coefficient (Wildman–Crippen LogP) is 3.33. The Morgan fingerprint density at radius 1 is 1.17 bits per heavy atom. The van der Waals surface area contributed by atoms with Crippen molar-refractivity contribution in [1.29, 1.82) is 0 Å². The number of carbonyl (C=O) groups excluding carboxylic acids is 3. The van der Waals surface area contributed by atoms with Crippen LogP contribution in [0.2, 0.25) is 0 Å². The smallest absolute Gasteiger partial charge is 0.261 e. The Labute approximate surface area is 144 Å². The van der Waals surface area contributed by atoms with E-state index in [9.17, 15) is 14.4 Å². The minimum Gasteiger partial charge on any atom is -0.345 e. The maximum atomic E-state index is 12.3. The van der Waals surface area contributed by atoms with Crippen molar-refractivity contribution in [3.05, 3.63) is 51.2 Å². The van der Waals surface area contributed by atoms with Gasteiger partial charge in [0.15, 0.2) is 5.78 Å². The number of Topliss-reactive ketones (excluding diaryl/α,β-unsaturated/α-hetero) is 1. The summed E-state index contributed by atoms with van der Waals surface area (Å²) in [6.45, 7) is 3.41. The Balaban J connectivity index is 1.72. The topological polar surface area (TPSA) is 75.3 Å². The molecule has 2 aromatic rings. The number of fused-ring (bicyclic) bond motifs is 1. The van der Waals surface area contributed by atoms with E-state index < -0.39 is 0 Å². The van der Waals surface area contributed by atoms with E-state index in [2.05, 4.69) is 10.6 Å². The largest absolute Gasteiger partial charge is 0.345 e. The first kappa shape index (κ1) is 16.4. The fourth-order valence-electron chi connectivity index (χ4n) is 2.67. The molecular formula is C18H18N2O3S. The molecule has 24 heavy (non-hydrogen) atoms. The van der Waals surface area contributed by atoms with E-state index >= 15 is 0 Å². The summed E-state index contributed by atoms with van der Waals surface area (Å²) in [7, 11) is 0. The zero-order chi connectivity index (χ0) is 17.3. The summed E-state index contributed by atoms with van der Waals surface area (Å²) in [4.78, 5) is 36.2. The minimum atomic E-state index is -0.189. The minimum absolute atomic E-state index is 0.0376. The molecule has 1 aromatic carbocycles. The molecule has 0 unspecified atom stereocenters. The van der Waals surface area contributed by atoms with Gasteiger partial charge in [0.25, 0.3) is 5.91 Å². The highest BCUT2D eigenvalue weighted by atomic mass is 32.1. The van der Waals surface area contributed by atoms with Crippen LogP contribution in [0.25, 0.3) is 0 Å². The lowest BCUT2D eigenvalue weighted by Crippen LogP contribution is -2.26. The Hall–Kier alpha value is -2.47. The molecule has 0 fully saturated rings. The van der Waals surface area contributed by atoms with Crippen molar-refractivity contribution in [1.82, 2.24) is 5.32 Å². The normalized spacial score (nSPS) is 14.5. The van der Waals surface area contributed by atoms with E-state index in [4.69, 9.17) is 0 Å². The van der Waals surface area contributed by atoms with Gasteiger partial charge in [0, 0.05) is 12.1 Å². The van der Waals surface area contributed by atoms with E-state index in [0.29, 0.717) is 22.6 Å². The standard InChI is InChI=1S/C18H18N2O3S/c1-10(19-18(23)16-7-6-15(24-16)11(2)21)12-3-5-14-13(9-12)4-8-17(22)20-14/h3,5-7,9-10H,4,8H2,1-2H3,(H,19,23)(H,20,22)/t10-/m0/s1. The van der Waals surface area contributed by atoms with Crippen molar-refractivity contribution >= 4 is 34.6 Å². The molecule has 0 radical (unpaired) electrons. The molecule has 6 heteroatoms. The van der Waals surface area contributed by atoms with Crippen molar-refractivity contribution in [3.8, 4) is 0 Å². The molecule has 0 saturated heterocycles. The summed E-state index contributed by atoms with van der Waals surface area (Å²) in [6, 6.07) is 8.99. The number of anilines is 1. The van der Waals surface area contributed by atoms with E-state index in [0.717, 1.165) is 16.8 Å². The van der Waals surface area contributed by atoms with Crippen molar-refractivity contribution in [3.63, 3.8) is 0 Å². The summed E-state index contributed by atoms with van der Waals surface area (Å²) < 4.78 is 0. The van der Waals surface area contributed by atoms with Gasteiger partial charge in [-0.25, -0.2) is 0 Å². The van der Waals surface area contributed by atoms with E-state index in [-0.39, 0.29) is 23.6 Å². The molecule has 1 aliphatic heterocycles. The van der Waals surface area contributed by atoms with Gasteiger partial charge in [-0.15, -0.1) is 11.3 Å². The van der Waals surface area contributed by atoms with Crippen LogP contribution in [-0.4, -0.2) is 17.6 Å². The lowest BCUT2D eigenvalue weighted by atomic mass is 9.98. The molecule has 1 aromatic heterocycles. The highest BCUT2D eigenvalue weighted by Crippen LogP contribution is 2.26. The second-order valence-electron chi connectivity index (χ2n) is 5.88. The van der Waals surface area contributed by atoms with E-state index in [1.54, 1.807) is 12.1 Å². The van der Waals surface area contributed by atoms with Gasteiger partial charge in [-0.3, -0.25) is 14.4 Å². The first-order valence-electron chi connectivity index (χ1n) is 7.78. The fourth-order valence-corrected chi connectivity index (χ4v) is 3.48. The van der Waals surface area contributed by atoms with E-state index in [1.807, 2.05) is 25.1 Å². The molecule has 0 aliphatic carbocycles. The number of benzene rings is 1. The van der Waals surface area contributed by atoms with Gasteiger partial charge in [0.1, 0.15) is 0 Å². The summed E-state index contributed by atoms with van der Waals surface area (Å²) in [5.41, 5.74) is 2.92. The zero-order valence-electron chi connectivity index (χ0n) is 13.5. The van der Waals surface area contributed by atoms with Gasteiger partial charge in [-0.1, -0.05) is 12.1 Å².